The summed E-state index contributed by atoms with van der Waals surface area (Å²) in [6, 6.07) is 17.6. The summed E-state index contributed by atoms with van der Waals surface area (Å²) in [4.78, 5) is 2.47. The van der Waals surface area contributed by atoms with Crippen molar-refractivity contribution in [1.82, 2.24) is 4.90 Å². The van der Waals surface area contributed by atoms with Crippen LogP contribution >= 0.6 is 11.6 Å². The first kappa shape index (κ1) is 15.6. The van der Waals surface area contributed by atoms with E-state index in [0.29, 0.717) is 0 Å². The zero-order valence-electron chi connectivity index (χ0n) is 13.3. The van der Waals surface area contributed by atoms with E-state index in [-0.39, 0.29) is 5.38 Å². The van der Waals surface area contributed by atoms with Crippen molar-refractivity contribution >= 4 is 11.6 Å². The molecule has 22 heavy (non-hydrogen) atoms. The lowest BCUT2D eigenvalue weighted by molar-refractivity contribution is 0.254. The summed E-state index contributed by atoms with van der Waals surface area (Å²) in [5, 5.41) is 0.0703. The van der Waals surface area contributed by atoms with Crippen molar-refractivity contribution in [1.29, 1.82) is 0 Å². The fourth-order valence-electron chi connectivity index (χ4n) is 3.22. The van der Waals surface area contributed by atoms with E-state index in [1.54, 1.807) is 0 Å². The number of hydrogen-bond donors (Lipinski definition) is 0. The van der Waals surface area contributed by atoms with Gasteiger partial charge in [-0.2, -0.15) is 0 Å². The Kier molecular flexibility index (Phi) is 5.17. The lowest BCUT2D eigenvalue weighted by Crippen LogP contribution is -2.32. The lowest BCUT2D eigenvalue weighted by Gasteiger charge is -2.30. The van der Waals surface area contributed by atoms with Crippen molar-refractivity contribution in [3.63, 3.8) is 0 Å². The Morgan fingerprint density at radius 1 is 1.05 bits per heavy atom. The number of halogens is 1. The minimum atomic E-state index is 0.0703. The predicted molar refractivity (Wildman–Crippen MR) is 94.5 cm³/mol. The number of rotatable bonds is 5. The molecule has 3 rings (SSSR count). The van der Waals surface area contributed by atoms with Crippen LogP contribution < -0.4 is 0 Å². The quantitative estimate of drug-likeness (QED) is 0.704. The number of benzene rings is 2. The van der Waals surface area contributed by atoms with E-state index in [4.69, 9.17) is 11.6 Å². The molecular formula is C20H24ClN. The van der Waals surface area contributed by atoms with Gasteiger partial charge in [-0.15, -0.1) is 11.6 Å². The summed E-state index contributed by atoms with van der Waals surface area (Å²) in [6.45, 7) is 5.26. The smallest absolute Gasteiger partial charge is 0.0712 e. The van der Waals surface area contributed by atoms with E-state index in [9.17, 15) is 0 Å². The molecule has 0 aliphatic carbocycles. The second kappa shape index (κ2) is 7.30. The Bertz CT molecular complexity index is 605. The average Bonchev–Trinajstić information content (AvgIpc) is 2.56. The van der Waals surface area contributed by atoms with Crippen molar-refractivity contribution < 1.29 is 0 Å². The minimum absolute atomic E-state index is 0.0703. The molecule has 0 aromatic heterocycles. The molecule has 2 heteroatoms. The lowest BCUT2D eigenvalue weighted by atomic mass is 9.99. The van der Waals surface area contributed by atoms with Gasteiger partial charge in [0.05, 0.1) is 5.38 Å². The molecule has 0 saturated heterocycles. The molecule has 0 saturated carbocycles. The maximum absolute atomic E-state index is 6.65. The number of fused-ring (bicyclic) bond motifs is 1. The standard InChI is InChI=1S/C20H24ClN/c1-2-5-16-8-10-18(11-9-16)20(21)15-22-13-12-17-6-3-4-7-19(17)14-22/h3-4,6-11,20H,2,5,12-15H2,1H3. The second-order valence-corrected chi connectivity index (χ2v) is 6.74. The minimum Gasteiger partial charge on any atom is -0.297 e. The molecule has 1 atom stereocenters. The van der Waals surface area contributed by atoms with Gasteiger partial charge in [-0.1, -0.05) is 61.9 Å². The molecular weight excluding hydrogens is 290 g/mol. The van der Waals surface area contributed by atoms with Gasteiger partial charge < -0.3 is 0 Å². The molecule has 0 bridgehead atoms. The second-order valence-electron chi connectivity index (χ2n) is 6.21. The van der Waals surface area contributed by atoms with Crippen LogP contribution in [0.25, 0.3) is 0 Å². The molecule has 0 amide bonds. The Hall–Kier alpha value is -1.31. The molecule has 0 N–H and O–H groups in total. The van der Waals surface area contributed by atoms with Gasteiger partial charge in [-0.05, 0) is 35.1 Å². The van der Waals surface area contributed by atoms with Gasteiger partial charge in [0, 0.05) is 19.6 Å². The van der Waals surface area contributed by atoms with Gasteiger partial charge in [-0.3, -0.25) is 4.90 Å². The Morgan fingerprint density at radius 3 is 2.50 bits per heavy atom. The van der Waals surface area contributed by atoms with Crippen LogP contribution in [0.3, 0.4) is 0 Å². The van der Waals surface area contributed by atoms with Crippen molar-refractivity contribution in [2.24, 2.45) is 0 Å². The first-order valence-electron chi connectivity index (χ1n) is 8.28. The summed E-state index contributed by atoms with van der Waals surface area (Å²) in [6.07, 6.45) is 3.47. The van der Waals surface area contributed by atoms with E-state index < -0.39 is 0 Å². The van der Waals surface area contributed by atoms with Crippen LogP contribution in [-0.4, -0.2) is 18.0 Å². The largest absolute Gasteiger partial charge is 0.297 e. The van der Waals surface area contributed by atoms with Crippen LogP contribution in [0.5, 0.6) is 0 Å². The van der Waals surface area contributed by atoms with E-state index >= 15 is 0 Å². The van der Waals surface area contributed by atoms with Crippen LogP contribution in [0.15, 0.2) is 48.5 Å². The number of alkyl halides is 1. The predicted octanol–water partition coefficient (Wildman–Crippen LogP) is 4.98. The molecule has 2 aromatic rings. The van der Waals surface area contributed by atoms with Crippen LogP contribution in [0.2, 0.25) is 0 Å². The van der Waals surface area contributed by atoms with Gasteiger partial charge in [0.2, 0.25) is 0 Å². The fraction of sp³-hybridized carbons (Fsp3) is 0.400. The van der Waals surface area contributed by atoms with Crippen molar-refractivity contribution in [2.45, 2.75) is 38.1 Å². The third-order valence-electron chi connectivity index (χ3n) is 4.51. The van der Waals surface area contributed by atoms with Gasteiger partial charge in [0.25, 0.3) is 0 Å². The highest BCUT2D eigenvalue weighted by atomic mass is 35.5. The van der Waals surface area contributed by atoms with Crippen molar-refractivity contribution in [3.05, 3.63) is 70.8 Å². The highest BCUT2D eigenvalue weighted by molar-refractivity contribution is 6.21. The highest BCUT2D eigenvalue weighted by Crippen LogP contribution is 2.26. The van der Waals surface area contributed by atoms with Crippen molar-refractivity contribution in [2.75, 3.05) is 13.1 Å². The highest BCUT2D eigenvalue weighted by Gasteiger charge is 2.19. The molecule has 0 radical (unpaired) electrons. The fourth-order valence-corrected chi connectivity index (χ4v) is 3.56. The van der Waals surface area contributed by atoms with Gasteiger partial charge in [0.15, 0.2) is 0 Å². The molecule has 1 unspecified atom stereocenters. The maximum atomic E-state index is 6.65. The molecule has 0 spiro atoms. The van der Waals surface area contributed by atoms with Gasteiger partial charge in [0.1, 0.15) is 0 Å². The normalized spacial score (nSPS) is 16.3. The van der Waals surface area contributed by atoms with Crippen LogP contribution in [0.4, 0.5) is 0 Å². The summed E-state index contributed by atoms with van der Waals surface area (Å²) < 4.78 is 0. The molecule has 1 heterocycles. The maximum Gasteiger partial charge on any atom is 0.0712 e. The molecule has 1 nitrogen and oxygen atoms in total. The third-order valence-corrected chi connectivity index (χ3v) is 4.90. The number of aryl methyl sites for hydroxylation is 1. The van der Waals surface area contributed by atoms with E-state index in [1.165, 1.54) is 28.7 Å². The molecule has 1 aliphatic heterocycles. The molecule has 0 fully saturated rings. The monoisotopic (exact) mass is 313 g/mol. The molecule has 116 valence electrons. The number of hydrogen-bond acceptors (Lipinski definition) is 1. The van der Waals surface area contributed by atoms with E-state index in [1.807, 2.05) is 0 Å². The van der Waals surface area contributed by atoms with Gasteiger partial charge in [-0.25, -0.2) is 0 Å². The SMILES string of the molecule is CCCc1ccc(C(Cl)CN2CCc3ccccc3C2)cc1. The Morgan fingerprint density at radius 2 is 1.77 bits per heavy atom. The summed E-state index contributed by atoms with van der Waals surface area (Å²) in [7, 11) is 0. The van der Waals surface area contributed by atoms with Crippen LogP contribution in [0.1, 0.15) is 41.0 Å². The topological polar surface area (TPSA) is 3.24 Å². The van der Waals surface area contributed by atoms with Gasteiger partial charge >= 0.3 is 0 Å². The summed E-state index contributed by atoms with van der Waals surface area (Å²) in [5.41, 5.74) is 5.59. The Balaban J connectivity index is 1.61. The third kappa shape index (κ3) is 3.71. The van der Waals surface area contributed by atoms with E-state index in [0.717, 1.165) is 32.5 Å². The molecule has 1 aliphatic rings. The zero-order chi connectivity index (χ0) is 15.4. The first-order chi connectivity index (χ1) is 10.8. The van der Waals surface area contributed by atoms with Crippen LogP contribution in [0, 0.1) is 0 Å². The zero-order valence-corrected chi connectivity index (χ0v) is 14.0. The van der Waals surface area contributed by atoms with E-state index in [2.05, 4.69) is 60.4 Å². The summed E-state index contributed by atoms with van der Waals surface area (Å²) in [5.74, 6) is 0. The Labute approximate surface area is 138 Å². The van der Waals surface area contributed by atoms with Crippen LogP contribution in [-0.2, 0) is 19.4 Å². The summed E-state index contributed by atoms with van der Waals surface area (Å²) >= 11 is 6.65. The average molecular weight is 314 g/mol. The molecule has 2 aromatic carbocycles. The van der Waals surface area contributed by atoms with Crippen molar-refractivity contribution in [3.8, 4) is 0 Å². The number of nitrogens with zero attached hydrogens (tertiary/aromatic N) is 1. The first-order valence-corrected chi connectivity index (χ1v) is 8.72.